The molecule has 86 valence electrons. The second kappa shape index (κ2) is 4.97. The van der Waals surface area contributed by atoms with Gasteiger partial charge in [0.15, 0.2) is 0 Å². The van der Waals surface area contributed by atoms with Gasteiger partial charge in [-0.25, -0.2) is 0 Å². The van der Waals surface area contributed by atoms with Crippen molar-refractivity contribution in [3.63, 3.8) is 0 Å². The Labute approximate surface area is 92.0 Å². The van der Waals surface area contributed by atoms with Crippen molar-refractivity contribution in [2.45, 2.75) is 57.5 Å². The van der Waals surface area contributed by atoms with Crippen LogP contribution in [0, 0.1) is 5.92 Å². The lowest BCUT2D eigenvalue weighted by Gasteiger charge is -2.22. The molecule has 2 atom stereocenters. The van der Waals surface area contributed by atoms with Gasteiger partial charge in [-0.3, -0.25) is 4.79 Å². The van der Waals surface area contributed by atoms with Crippen molar-refractivity contribution in [1.29, 1.82) is 0 Å². The zero-order chi connectivity index (χ0) is 10.7. The average Bonchev–Trinajstić information content (AvgIpc) is 2.93. The molecule has 0 spiro atoms. The Bertz CT molecular complexity index is 224. The molecule has 0 heterocycles. The summed E-state index contributed by atoms with van der Waals surface area (Å²) in [7, 11) is 0. The molecule has 0 radical (unpaired) electrons. The van der Waals surface area contributed by atoms with Crippen molar-refractivity contribution in [3.05, 3.63) is 0 Å². The molecular formula is C12H22N2O. The van der Waals surface area contributed by atoms with Crippen LogP contribution in [0.3, 0.4) is 0 Å². The van der Waals surface area contributed by atoms with Crippen molar-refractivity contribution >= 4 is 5.91 Å². The van der Waals surface area contributed by atoms with Crippen molar-refractivity contribution in [3.8, 4) is 0 Å². The van der Waals surface area contributed by atoms with Gasteiger partial charge in [0, 0.05) is 12.1 Å². The molecule has 1 amide bonds. The predicted molar refractivity (Wildman–Crippen MR) is 60.6 cm³/mol. The fraction of sp³-hybridized carbons (Fsp3) is 0.917. The minimum atomic E-state index is 0.181. The van der Waals surface area contributed by atoms with Gasteiger partial charge < -0.3 is 10.6 Å². The van der Waals surface area contributed by atoms with Gasteiger partial charge in [-0.15, -0.1) is 0 Å². The standard InChI is InChI=1S/C12H22N2O/c1-9-7-11(9)13-8-12(15)14-10-5-3-2-4-6-10/h9-11,13H,2-8H2,1H3,(H,14,15). The Balaban J connectivity index is 1.59. The minimum absolute atomic E-state index is 0.181. The number of hydrogen-bond acceptors (Lipinski definition) is 2. The number of nitrogens with one attached hydrogen (secondary N) is 2. The number of rotatable bonds is 4. The highest BCUT2D eigenvalue weighted by atomic mass is 16.2. The molecule has 2 aliphatic carbocycles. The van der Waals surface area contributed by atoms with Crippen LogP contribution < -0.4 is 10.6 Å². The highest BCUT2D eigenvalue weighted by molar-refractivity contribution is 5.78. The van der Waals surface area contributed by atoms with E-state index in [1.54, 1.807) is 0 Å². The fourth-order valence-electron chi connectivity index (χ4n) is 2.36. The summed E-state index contributed by atoms with van der Waals surface area (Å²) in [6.07, 6.45) is 7.47. The van der Waals surface area contributed by atoms with E-state index in [2.05, 4.69) is 17.6 Å². The molecule has 3 heteroatoms. The van der Waals surface area contributed by atoms with Gasteiger partial charge in [-0.2, -0.15) is 0 Å². The molecule has 0 aliphatic heterocycles. The van der Waals surface area contributed by atoms with Crippen LogP contribution in [0.25, 0.3) is 0 Å². The molecule has 2 rings (SSSR count). The largest absolute Gasteiger partial charge is 0.352 e. The molecule has 0 saturated heterocycles. The van der Waals surface area contributed by atoms with E-state index in [4.69, 9.17) is 0 Å². The second-order valence-electron chi connectivity index (χ2n) is 5.10. The number of carbonyl (C=O) groups is 1. The lowest BCUT2D eigenvalue weighted by Crippen LogP contribution is -2.41. The summed E-state index contributed by atoms with van der Waals surface area (Å²) in [6.45, 7) is 2.72. The summed E-state index contributed by atoms with van der Waals surface area (Å²) in [6, 6.07) is 1.05. The highest BCUT2D eigenvalue weighted by Crippen LogP contribution is 2.28. The quantitative estimate of drug-likeness (QED) is 0.737. The molecule has 0 aromatic carbocycles. The van der Waals surface area contributed by atoms with Crippen LogP contribution in [0.2, 0.25) is 0 Å². The highest BCUT2D eigenvalue weighted by Gasteiger charge is 2.32. The monoisotopic (exact) mass is 210 g/mol. The smallest absolute Gasteiger partial charge is 0.234 e. The Kier molecular flexibility index (Phi) is 3.62. The van der Waals surface area contributed by atoms with E-state index in [-0.39, 0.29) is 5.91 Å². The molecule has 0 aromatic heterocycles. The lowest BCUT2D eigenvalue weighted by atomic mass is 9.95. The van der Waals surface area contributed by atoms with Gasteiger partial charge in [-0.05, 0) is 25.2 Å². The van der Waals surface area contributed by atoms with Crippen LogP contribution >= 0.6 is 0 Å². The molecule has 2 fully saturated rings. The van der Waals surface area contributed by atoms with E-state index >= 15 is 0 Å². The van der Waals surface area contributed by atoms with Crippen molar-refractivity contribution in [1.82, 2.24) is 10.6 Å². The predicted octanol–water partition coefficient (Wildman–Crippen LogP) is 1.43. The maximum absolute atomic E-state index is 11.6. The Morgan fingerprint density at radius 3 is 2.53 bits per heavy atom. The van der Waals surface area contributed by atoms with Crippen molar-refractivity contribution in [2.24, 2.45) is 5.92 Å². The van der Waals surface area contributed by atoms with E-state index in [1.807, 2.05) is 0 Å². The normalized spacial score (nSPS) is 31.3. The van der Waals surface area contributed by atoms with Crippen LogP contribution in [-0.4, -0.2) is 24.5 Å². The maximum atomic E-state index is 11.6. The molecule has 15 heavy (non-hydrogen) atoms. The molecular weight excluding hydrogens is 188 g/mol. The number of hydrogen-bond donors (Lipinski definition) is 2. The van der Waals surface area contributed by atoms with Crippen LogP contribution in [0.5, 0.6) is 0 Å². The topological polar surface area (TPSA) is 41.1 Å². The fourth-order valence-corrected chi connectivity index (χ4v) is 2.36. The Morgan fingerprint density at radius 1 is 1.27 bits per heavy atom. The molecule has 3 nitrogen and oxygen atoms in total. The van der Waals surface area contributed by atoms with Gasteiger partial charge in [0.1, 0.15) is 0 Å². The third-order valence-electron chi connectivity index (χ3n) is 3.60. The third kappa shape index (κ3) is 3.49. The van der Waals surface area contributed by atoms with Gasteiger partial charge in [0.2, 0.25) is 5.91 Å². The Hall–Kier alpha value is -0.570. The third-order valence-corrected chi connectivity index (χ3v) is 3.60. The van der Waals surface area contributed by atoms with E-state index in [0.29, 0.717) is 18.6 Å². The first kappa shape index (κ1) is 10.9. The maximum Gasteiger partial charge on any atom is 0.234 e. The summed E-state index contributed by atoms with van der Waals surface area (Å²) in [5, 5.41) is 6.40. The van der Waals surface area contributed by atoms with Crippen LogP contribution in [0.4, 0.5) is 0 Å². The van der Waals surface area contributed by atoms with Crippen LogP contribution in [0.15, 0.2) is 0 Å². The molecule has 0 bridgehead atoms. The summed E-state index contributed by atoms with van der Waals surface area (Å²) in [5.74, 6) is 0.952. The minimum Gasteiger partial charge on any atom is -0.352 e. The van der Waals surface area contributed by atoms with Gasteiger partial charge in [0.25, 0.3) is 0 Å². The average molecular weight is 210 g/mol. The summed E-state index contributed by atoms with van der Waals surface area (Å²) < 4.78 is 0. The summed E-state index contributed by atoms with van der Waals surface area (Å²) >= 11 is 0. The zero-order valence-corrected chi connectivity index (χ0v) is 9.59. The number of amides is 1. The van der Waals surface area contributed by atoms with Crippen molar-refractivity contribution in [2.75, 3.05) is 6.54 Å². The molecule has 2 aliphatic rings. The van der Waals surface area contributed by atoms with E-state index in [0.717, 1.165) is 5.92 Å². The van der Waals surface area contributed by atoms with Crippen LogP contribution in [0.1, 0.15) is 45.4 Å². The lowest BCUT2D eigenvalue weighted by molar-refractivity contribution is -0.121. The SMILES string of the molecule is CC1CC1NCC(=O)NC1CCCCC1. The molecule has 0 aromatic rings. The molecule has 2 saturated carbocycles. The van der Waals surface area contributed by atoms with E-state index in [1.165, 1.54) is 38.5 Å². The van der Waals surface area contributed by atoms with Gasteiger partial charge >= 0.3 is 0 Å². The van der Waals surface area contributed by atoms with Crippen molar-refractivity contribution < 1.29 is 4.79 Å². The summed E-state index contributed by atoms with van der Waals surface area (Å²) in [5.41, 5.74) is 0. The van der Waals surface area contributed by atoms with Gasteiger partial charge in [-0.1, -0.05) is 26.2 Å². The first-order valence-electron chi connectivity index (χ1n) is 6.28. The second-order valence-corrected chi connectivity index (χ2v) is 5.10. The van der Waals surface area contributed by atoms with E-state index < -0.39 is 0 Å². The summed E-state index contributed by atoms with van der Waals surface area (Å²) in [4.78, 5) is 11.6. The van der Waals surface area contributed by atoms with E-state index in [9.17, 15) is 4.79 Å². The number of carbonyl (C=O) groups excluding carboxylic acids is 1. The molecule has 2 unspecified atom stereocenters. The first-order valence-corrected chi connectivity index (χ1v) is 6.28. The Morgan fingerprint density at radius 2 is 1.93 bits per heavy atom. The first-order chi connectivity index (χ1) is 7.25. The van der Waals surface area contributed by atoms with Gasteiger partial charge in [0.05, 0.1) is 6.54 Å². The zero-order valence-electron chi connectivity index (χ0n) is 9.59. The molecule has 2 N–H and O–H groups in total. The van der Waals surface area contributed by atoms with Crippen LogP contribution in [-0.2, 0) is 4.79 Å².